The molecule has 0 atom stereocenters. The molecule has 0 aromatic heterocycles. The molecule has 0 bridgehead atoms. The first-order chi connectivity index (χ1) is 23.9. The van der Waals surface area contributed by atoms with Crippen LogP contribution in [-0.2, 0) is 19.1 Å². The van der Waals surface area contributed by atoms with Gasteiger partial charge in [0.15, 0.2) is 0 Å². The Morgan fingerprint density at radius 2 is 0.540 bits per heavy atom. The minimum atomic E-state index is -0.259. The topological polar surface area (TPSA) is 52.6 Å². The maximum absolute atomic E-state index is 11.4. The molecule has 0 heterocycles. The van der Waals surface area contributed by atoms with Crippen LogP contribution < -0.4 is 0 Å². The van der Waals surface area contributed by atoms with E-state index in [0.29, 0.717) is 24.4 Å². The van der Waals surface area contributed by atoms with E-state index >= 15 is 0 Å². The molecular weight excluding hydrogens is 620 g/mol. The molecule has 0 fully saturated rings. The number of quaternary nitrogens is 2. The Morgan fingerprint density at radius 1 is 0.360 bits per heavy atom. The summed E-state index contributed by atoms with van der Waals surface area (Å²) in [5, 5.41) is 0. The number of carbonyl (C=O) groups excluding carboxylic acids is 2. The standard InChI is InChI=1S/C44H86N2O4/c1-41(2)43(47)49-39-33-27-21-15-9-11-17-23-29-35-45(5,6)37-31-25-19-13-14-20-26-32-38-46(7,8)36-30-24-18-12-10-16-22-28-34-40-50-44(48)42(3)4/h1,3,9-40H2,2,4-8H3/q+2. The Balaban J connectivity index is 3.48. The second kappa shape index (κ2) is 32.0. The number of esters is 2. The van der Waals surface area contributed by atoms with Crippen LogP contribution in [0.15, 0.2) is 24.3 Å². The lowest BCUT2D eigenvalue weighted by Crippen LogP contribution is -2.41. The zero-order chi connectivity index (χ0) is 37.4. The van der Waals surface area contributed by atoms with Crippen LogP contribution in [0.4, 0.5) is 0 Å². The van der Waals surface area contributed by atoms with Crippen molar-refractivity contribution in [3.8, 4) is 0 Å². The van der Waals surface area contributed by atoms with E-state index in [9.17, 15) is 9.59 Å². The number of nitrogens with zero attached hydrogens (tertiary/aromatic N) is 2. The smallest absolute Gasteiger partial charge is 0.333 e. The molecule has 0 unspecified atom stereocenters. The van der Waals surface area contributed by atoms with Crippen LogP contribution in [0.5, 0.6) is 0 Å². The maximum atomic E-state index is 11.4. The summed E-state index contributed by atoms with van der Waals surface area (Å²) in [6.07, 6.45) is 34.1. The van der Waals surface area contributed by atoms with E-state index in [2.05, 4.69) is 41.3 Å². The molecular formula is C44H86N2O4+2. The molecule has 294 valence electrons. The summed E-state index contributed by atoms with van der Waals surface area (Å²) in [6.45, 7) is 17.0. The molecule has 0 N–H and O–H groups in total. The highest BCUT2D eigenvalue weighted by Gasteiger charge is 2.15. The molecule has 0 aliphatic carbocycles. The lowest BCUT2D eigenvalue weighted by molar-refractivity contribution is -0.890. The molecule has 0 spiro atoms. The zero-order valence-electron chi connectivity index (χ0n) is 34.6. The SMILES string of the molecule is C=C(C)C(=O)OCCCCCCCCCCC[N+](C)(C)CCCCCCCCCC[N+](C)(C)CCCCCCCCCCCOC(=O)C(=C)C. The quantitative estimate of drug-likeness (QED) is 0.0279. The molecule has 0 amide bonds. The van der Waals surface area contributed by atoms with Gasteiger partial charge in [-0.05, 0) is 78.1 Å². The highest BCUT2D eigenvalue weighted by Crippen LogP contribution is 2.16. The van der Waals surface area contributed by atoms with Gasteiger partial charge in [-0.3, -0.25) is 0 Å². The minimum absolute atomic E-state index is 0.259. The van der Waals surface area contributed by atoms with E-state index in [1.807, 2.05) is 0 Å². The van der Waals surface area contributed by atoms with E-state index in [1.165, 1.54) is 176 Å². The van der Waals surface area contributed by atoms with Crippen molar-refractivity contribution < 1.29 is 28.0 Å². The fourth-order valence-corrected chi connectivity index (χ4v) is 6.70. The van der Waals surface area contributed by atoms with E-state index in [-0.39, 0.29) is 11.9 Å². The number of ether oxygens (including phenoxy) is 2. The fourth-order valence-electron chi connectivity index (χ4n) is 6.70. The van der Waals surface area contributed by atoms with Crippen LogP contribution in [0.25, 0.3) is 0 Å². The average molecular weight is 707 g/mol. The van der Waals surface area contributed by atoms with Crippen LogP contribution >= 0.6 is 0 Å². The summed E-state index contributed by atoms with van der Waals surface area (Å²) in [4.78, 5) is 22.7. The van der Waals surface area contributed by atoms with Crippen LogP contribution in [0.1, 0.15) is 181 Å². The molecule has 50 heavy (non-hydrogen) atoms. The summed E-state index contributed by atoms with van der Waals surface area (Å²) in [7, 11) is 9.70. The molecule has 0 radical (unpaired) electrons. The third-order valence-corrected chi connectivity index (χ3v) is 10.3. The van der Waals surface area contributed by atoms with Gasteiger partial charge in [-0.2, -0.15) is 0 Å². The first-order valence-electron chi connectivity index (χ1n) is 21.2. The number of rotatable bonds is 37. The van der Waals surface area contributed by atoms with Gasteiger partial charge in [0.1, 0.15) is 0 Å². The molecule has 0 rings (SSSR count). The van der Waals surface area contributed by atoms with Crippen molar-refractivity contribution in [3.63, 3.8) is 0 Å². The zero-order valence-corrected chi connectivity index (χ0v) is 34.6. The van der Waals surface area contributed by atoms with Gasteiger partial charge in [0.2, 0.25) is 0 Å². The molecule has 6 nitrogen and oxygen atoms in total. The van der Waals surface area contributed by atoms with Crippen molar-refractivity contribution in [3.05, 3.63) is 24.3 Å². The Kier molecular flexibility index (Phi) is 31.0. The summed E-state index contributed by atoms with van der Waals surface area (Å²) in [5.74, 6) is -0.518. The van der Waals surface area contributed by atoms with Crippen molar-refractivity contribution >= 4 is 11.9 Å². The number of hydrogen-bond donors (Lipinski definition) is 0. The highest BCUT2D eigenvalue weighted by atomic mass is 16.5. The second-order valence-corrected chi connectivity index (χ2v) is 16.8. The normalized spacial score (nSPS) is 11.9. The predicted molar refractivity (Wildman–Crippen MR) is 215 cm³/mol. The van der Waals surface area contributed by atoms with Gasteiger partial charge in [-0.1, -0.05) is 116 Å². The first kappa shape index (κ1) is 48.3. The number of carbonyl (C=O) groups is 2. The van der Waals surface area contributed by atoms with Crippen molar-refractivity contribution in [1.82, 2.24) is 0 Å². The third-order valence-electron chi connectivity index (χ3n) is 10.3. The van der Waals surface area contributed by atoms with E-state index in [0.717, 1.165) is 25.7 Å². The summed E-state index contributed by atoms with van der Waals surface area (Å²) in [6, 6.07) is 0. The van der Waals surface area contributed by atoms with Gasteiger partial charge in [0.05, 0.1) is 67.6 Å². The van der Waals surface area contributed by atoms with E-state index in [4.69, 9.17) is 9.47 Å². The van der Waals surface area contributed by atoms with Gasteiger partial charge >= 0.3 is 11.9 Å². The van der Waals surface area contributed by atoms with Crippen molar-refractivity contribution in [1.29, 1.82) is 0 Å². The lowest BCUT2D eigenvalue weighted by Gasteiger charge is -2.30. The largest absolute Gasteiger partial charge is 0.462 e. The van der Waals surface area contributed by atoms with Gasteiger partial charge in [0.25, 0.3) is 0 Å². The van der Waals surface area contributed by atoms with Crippen LogP contribution in [0.2, 0.25) is 0 Å². The number of hydrogen-bond acceptors (Lipinski definition) is 4. The molecule has 6 heteroatoms. The molecule has 0 aliphatic rings. The van der Waals surface area contributed by atoms with Crippen LogP contribution in [0, 0.1) is 0 Å². The number of unbranched alkanes of at least 4 members (excludes halogenated alkanes) is 23. The van der Waals surface area contributed by atoms with Gasteiger partial charge in [-0.15, -0.1) is 0 Å². The Bertz CT molecular complexity index is 796. The third kappa shape index (κ3) is 33.5. The Labute approximate surface area is 312 Å². The highest BCUT2D eigenvalue weighted by molar-refractivity contribution is 5.87. The molecule has 0 aromatic rings. The molecule has 0 aliphatic heterocycles. The Hall–Kier alpha value is -1.66. The van der Waals surface area contributed by atoms with Gasteiger partial charge < -0.3 is 18.4 Å². The van der Waals surface area contributed by atoms with Crippen molar-refractivity contribution in [2.45, 2.75) is 181 Å². The van der Waals surface area contributed by atoms with E-state index in [1.54, 1.807) is 13.8 Å². The van der Waals surface area contributed by atoms with Gasteiger partial charge in [-0.25, -0.2) is 9.59 Å². The molecule has 0 saturated heterocycles. The maximum Gasteiger partial charge on any atom is 0.333 e. The molecule has 0 saturated carbocycles. The summed E-state index contributed by atoms with van der Waals surface area (Å²) in [5.41, 5.74) is 0.975. The lowest BCUT2D eigenvalue weighted by atomic mass is 10.1. The van der Waals surface area contributed by atoms with Gasteiger partial charge in [0, 0.05) is 11.1 Å². The van der Waals surface area contributed by atoms with Crippen molar-refractivity contribution in [2.75, 3.05) is 67.6 Å². The van der Waals surface area contributed by atoms with Crippen LogP contribution in [0.3, 0.4) is 0 Å². The fraction of sp³-hybridized carbons (Fsp3) is 0.864. The minimum Gasteiger partial charge on any atom is -0.462 e. The summed E-state index contributed by atoms with van der Waals surface area (Å²) < 4.78 is 12.7. The predicted octanol–water partition coefficient (Wildman–Crippen LogP) is 11.5. The summed E-state index contributed by atoms with van der Waals surface area (Å²) >= 11 is 0. The Morgan fingerprint density at radius 3 is 0.740 bits per heavy atom. The monoisotopic (exact) mass is 707 g/mol. The second-order valence-electron chi connectivity index (χ2n) is 16.8. The first-order valence-corrected chi connectivity index (χ1v) is 21.2. The molecule has 0 aromatic carbocycles. The average Bonchev–Trinajstić information content (AvgIpc) is 3.06. The van der Waals surface area contributed by atoms with Crippen molar-refractivity contribution in [2.24, 2.45) is 0 Å². The van der Waals surface area contributed by atoms with E-state index < -0.39 is 0 Å². The van der Waals surface area contributed by atoms with Crippen LogP contribution in [-0.4, -0.2) is 88.5 Å².